The van der Waals surface area contributed by atoms with Gasteiger partial charge >= 0.3 is 10.1 Å². The van der Waals surface area contributed by atoms with Crippen LogP contribution in [0.3, 0.4) is 0 Å². The normalized spacial score (nSPS) is 24.5. The zero-order valence-electron chi connectivity index (χ0n) is 11.1. The molecule has 7 nitrogen and oxygen atoms in total. The van der Waals surface area contributed by atoms with Gasteiger partial charge in [0.2, 0.25) is 5.50 Å². The summed E-state index contributed by atoms with van der Waals surface area (Å²) >= 11 is 5.66. The molecule has 2 rings (SSSR count). The molecule has 1 N–H and O–H groups in total. The third kappa shape index (κ3) is 2.74. The van der Waals surface area contributed by atoms with Crippen LogP contribution in [0, 0.1) is 5.82 Å². The summed E-state index contributed by atoms with van der Waals surface area (Å²) in [5.74, 6) is -0.799. The van der Waals surface area contributed by atoms with E-state index in [0.29, 0.717) is 6.29 Å². The molecule has 1 aromatic rings. The van der Waals surface area contributed by atoms with Crippen LogP contribution in [0.2, 0.25) is 5.02 Å². The number of likely N-dealkylation sites (N-methyl/N-ethyl adjacent to an activating group) is 1. The van der Waals surface area contributed by atoms with E-state index in [0.717, 1.165) is 16.0 Å². The lowest BCUT2D eigenvalue weighted by atomic mass is 10.2. The summed E-state index contributed by atoms with van der Waals surface area (Å²) in [5.41, 5.74) is -1.77. The maximum absolute atomic E-state index is 14.1. The summed E-state index contributed by atoms with van der Waals surface area (Å²) in [7, 11) is -1.79. The van der Waals surface area contributed by atoms with Crippen molar-refractivity contribution < 1.29 is 22.2 Å². The molecule has 0 radical (unpaired) electrons. The number of benzene rings is 1. The van der Waals surface area contributed by atoms with E-state index in [9.17, 15) is 22.2 Å². The zero-order valence-corrected chi connectivity index (χ0v) is 12.7. The number of rotatable bonds is 3. The third-order valence-electron chi connectivity index (χ3n) is 3.30. The summed E-state index contributed by atoms with van der Waals surface area (Å²) in [4.78, 5) is 12.2. The molecule has 1 saturated heterocycles. The first-order valence-electron chi connectivity index (χ1n) is 5.79. The molecule has 1 heterocycles. The van der Waals surface area contributed by atoms with Crippen LogP contribution in [-0.4, -0.2) is 55.0 Å². The molecule has 21 heavy (non-hydrogen) atoms. The van der Waals surface area contributed by atoms with E-state index < -0.39 is 27.6 Å². The number of carbonyl (C=O) groups is 1. The van der Waals surface area contributed by atoms with E-state index in [1.807, 2.05) is 0 Å². The van der Waals surface area contributed by atoms with Crippen molar-refractivity contribution in [1.29, 1.82) is 0 Å². The van der Waals surface area contributed by atoms with Crippen LogP contribution in [0.15, 0.2) is 18.2 Å². The molecule has 1 aliphatic rings. The highest BCUT2D eigenvalue weighted by Gasteiger charge is 2.49. The average molecular weight is 338 g/mol. The Morgan fingerprint density at radius 2 is 1.95 bits per heavy atom. The molecule has 0 aliphatic carbocycles. The van der Waals surface area contributed by atoms with E-state index in [4.69, 9.17) is 11.6 Å². The van der Waals surface area contributed by atoms with Crippen LogP contribution < -0.4 is 4.90 Å². The number of carbonyl (C=O) groups excluding carboxylic acids is 1. The number of nitrogens with zero attached hydrogens (tertiary/aromatic N) is 3. The minimum Gasteiger partial charge on any atom is -0.314 e. The van der Waals surface area contributed by atoms with Gasteiger partial charge in [0, 0.05) is 19.1 Å². The van der Waals surface area contributed by atoms with Gasteiger partial charge in [-0.2, -0.15) is 8.42 Å². The molecule has 10 heteroatoms. The second kappa shape index (κ2) is 5.50. The molecule has 1 aliphatic heterocycles. The molecule has 0 amide bonds. The molecule has 2 unspecified atom stereocenters. The molecule has 1 aromatic carbocycles. The van der Waals surface area contributed by atoms with Crippen LogP contribution in [0.1, 0.15) is 0 Å². The summed E-state index contributed by atoms with van der Waals surface area (Å²) in [6, 6.07) is 3.61. The van der Waals surface area contributed by atoms with Gasteiger partial charge in [-0.3, -0.25) is 9.35 Å². The fraction of sp³-hybridized carbons (Fsp3) is 0.364. The van der Waals surface area contributed by atoms with Gasteiger partial charge in [0.25, 0.3) is 0 Å². The molecule has 0 aromatic heterocycles. The fourth-order valence-electron chi connectivity index (χ4n) is 2.28. The molecule has 0 bridgehead atoms. The molecule has 116 valence electrons. The van der Waals surface area contributed by atoms with Gasteiger partial charge in [-0.15, -0.1) is 0 Å². The van der Waals surface area contributed by atoms with Crippen molar-refractivity contribution in [2.45, 2.75) is 11.7 Å². The van der Waals surface area contributed by atoms with Crippen LogP contribution >= 0.6 is 11.6 Å². The molecule has 0 saturated carbocycles. The SMILES string of the molecule is CN1C(C=O)N(c2ccc(Cl)cc2F)C(S(=O)(=O)O)N1C. The van der Waals surface area contributed by atoms with Gasteiger partial charge in [0.15, 0.2) is 12.5 Å². The second-order valence-electron chi connectivity index (χ2n) is 4.54. The first-order chi connectivity index (χ1) is 9.68. The van der Waals surface area contributed by atoms with Crippen LogP contribution in [-0.2, 0) is 14.9 Å². The summed E-state index contributed by atoms with van der Waals surface area (Å²) in [6.07, 6.45) is -0.631. The number of hydrogen-bond donors (Lipinski definition) is 1. The number of hydrazine groups is 1. The standard InChI is InChI=1S/C11H13ClFN3O4S/c1-14-10(6-17)16(11(15(14)2)21(18,19)20)9-4-3-7(12)5-8(9)13/h3-6,10-11H,1-2H3,(H,18,19,20). The Hall–Kier alpha value is -1.26. The highest BCUT2D eigenvalue weighted by atomic mass is 35.5. The maximum atomic E-state index is 14.1. The van der Waals surface area contributed by atoms with Crippen molar-refractivity contribution in [1.82, 2.24) is 10.0 Å². The second-order valence-corrected chi connectivity index (χ2v) is 6.43. The lowest BCUT2D eigenvalue weighted by molar-refractivity contribution is -0.113. The lowest BCUT2D eigenvalue weighted by Gasteiger charge is -2.27. The highest BCUT2D eigenvalue weighted by molar-refractivity contribution is 7.86. The fourth-order valence-corrected chi connectivity index (χ4v) is 3.49. The van der Waals surface area contributed by atoms with Gasteiger partial charge < -0.3 is 4.90 Å². The number of hydrogen-bond acceptors (Lipinski definition) is 6. The van der Waals surface area contributed by atoms with Crippen molar-refractivity contribution in [2.24, 2.45) is 0 Å². The summed E-state index contributed by atoms with van der Waals surface area (Å²) in [5, 5.41) is 2.53. The monoisotopic (exact) mass is 337 g/mol. The lowest BCUT2D eigenvalue weighted by Crippen LogP contribution is -2.46. The van der Waals surface area contributed by atoms with Crippen LogP contribution in [0.4, 0.5) is 10.1 Å². The first kappa shape index (κ1) is 16.1. The Morgan fingerprint density at radius 3 is 2.43 bits per heavy atom. The number of halogens is 2. The Labute approximate surface area is 126 Å². The van der Waals surface area contributed by atoms with Gasteiger partial charge in [0.1, 0.15) is 5.82 Å². The van der Waals surface area contributed by atoms with Gasteiger partial charge in [-0.05, 0) is 18.2 Å². The quantitative estimate of drug-likeness (QED) is 0.644. The van der Waals surface area contributed by atoms with Gasteiger partial charge in [-0.25, -0.2) is 14.4 Å². The molecule has 0 spiro atoms. The minimum absolute atomic E-state index is 0.128. The van der Waals surface area contributed by atoms with E-state index in [1.165, 1.54) is 31.2 Å². The van der Waals surface area contributed by atoms with Gasteiger partial charge in [0.05, 0.1) is 5.69 Å². The Kier molecular flexibility index (Phi) is 4.22. The van der Waals surface area contributed by atoms with Crippen LogP contribution in [0.25, 0.3) is 0 Å². The molecule has 1 fully saturated rings. The van der Waals surface area contributed by atoms with E-state index in [1.54, 1.807) is 0 Å². The Morgan fingerprint density at radius 1 is 1.33 bits per heavy atom. The van der Waals surface area contributed by atoms with Crippen LogP contribution in [0.5, 0.6) is 0 Å². The van der Waals surface area contributed by atoms with E-state index in [-0.39, 0.29) is 10.7 Å². The molecule has 2 atom stereocenters. The Balaban J connectivity index is 2.62. The average Bonchev–Trinajstić information content (AvgIpc) is 2.61. The smallest absolute Gasteiger partial charge is 0.302 e. The predicted molar refractivity (Wildman–Crippen MR) is 74.6 cm³/mol. The third-order valence-corrected chi connectivity index (χ3v) is 4.60. The van der Waals surface area contributed by atoms with E-state index >= 15 is 0 Å². The largest absolute Gasteiger partial charge is 0.314 e. The van der Waals surface area contributed by atoms with Gasteiger partial charge in [-0.1, -0.05) is 11.6 Å². The molecular formula is C11H13ClFN3O4S. The maximum Gasteiger partial charge on any atom is 0.302 e. The topological polar surface area (TPSA) is 81.2 Å². The van der Waals surface area contributed by atoms with E-state index in [2.05, 4.69) is 0 Å². The van der Waals surface area contributed by atoms with Crippen molar-refractivity contribution in [3.63, 3.8) is 0 Å². The number of aldehydes is 1. The molecular weight excluding hydrogens is 325 g/mol. The van der Waals surface area contributed by atoms with Crippen molar-refractivity contribution in [3.05, 3.63) is 29.0 Å². The zero-order chi connectivity index (χ0) is 15.9. The summed E-state index contributed by atoms with van der Waals surface area (Å²) in [6.45, 7) is 0. The Bertz CT molecular complexity index is 671. The van der Waals surface area contributed by atoms with Crippen molar-refractivity contribution in [3.8, 4) is 0 Å². The first-order valence-corrected chi connectivity index (χ1v) is 7.67. The predicted octanol–water partition coefficient (Wildman–Crippen LogP) is 0.774. The minimum atomic E-state index is -4.60. The van der Waals surface area contributed by atoms with Crippen molar-refractivity contribution in [2.75, 3.05) is 19.0 Å². The highest BCUT2D eigenvalue weighted by Crippen LogP contribution is 2.33. The number of anilines is 1. The van der Waals surface area contributed by atoms with Crippen molar-refractivity contribution >= 4 is 33.7 Å². The summed E-state index contributed by atoms with van der Waals surface area (Å²) < 4.78 is 46.7.